The molecular formula is C15H17ClN2O4S2. The van der Waals surface area contributed by atoms with Crippen molar-refractivity contribution >= 4 is 33.2 Å². The summed E-state index contributed by atoms with van der Waals surface area (Å²) in [6, 6.07) is 7.18. The molecule has 1 aliphatic heterocycles. The smallest absolute Gasteiger partial charge is 0.276 e. The molecule has 0 spiro atoms. The lowest BCUT2D eigenvalue weighted by atomic mass is 10.1. The number of thioether (sulfide) groups is 1. The number of ether oxygens (including phenoxy) is 1. The Morgan fingerprint density at radius 3 is 2.79 bits per heavy atom. The van der Waals surface area contributed by atoms with Gasteiger partial charge in [-0.3, -0.25) is 0 Å². The summed E-state index contributed by atoms with van der Waals surface area (Å²) < 4.78 is 34.0. The average molecular weight is 389 g/mol. The first-order valence-electron chi connectivity index (χ1n) is 7.54. The Kier molecular flexibility index (Phi) is 5.68. The SMILES string of the molecule is O=S1(=O)CCC(Cc2nnc(SCCOc3ccc(Cl)cc3)o2)C1. The molecule has 1 unspecified atom stereocenters. The number of sulfone groups is 1. The van der Waals surface area contributed by atoms with Crippen LogP contribution in [0.3, 0.4) is 0 Å². The Labute approximate surface area is 149 Å². The lowest BCUT2D eigenvalue weighted by Gasteiger charge is -2.04. The first kappa shape index (κ1) is 17.6. The van der Waals surface area contributed by atoms with Crippen molar-refractivity contribution in [3.63, 3.8) is 0 Å². The minimum Gasteiger partial charge on any atom is -0.493 e. The van der Waals surface area contributed by atoms with Gasteiger partial charge in [0.1, 0.15) is 5.75 Å². The molecular weight excluding hydrogens is 372 g/mol. The molecule has 1 saturated heterocycles. The van der Waals surface area contributed by atoms with E-state index in [2.05, 4.69) is 10.2 Å². The Bertz CT molecular complexity index is 777. The molecule has 0 radical (unpaired) electrons. The van der Waals surface area contributed by atoms with E-state index in [1.54, 1.807) is 12.1 Å². The zero-order chi connectivity index (χ0) is 17.0. The zero-order valence-corrected chi connectivity index (χ0v) is 15.2. The van der Waals surface area contributed by atoms with E-state index in [1.807, 2.05) is 12.1 Å². The van der Waals surface area contributed by atoms with Gasteiger partial charge in [0.15, 0.2) is 9.84 Å². The predicted molar refractivity (Wildman–Crippen MR) is 92.4 cm³/mol. The number of benzene rings is 1. The second-order valence-electron chi connectivity index (χ2n) is 5.59. The van der Waals surface area contributed by atoms with E-state index in [4.69, 9.17) is 20.8 Å². The number of aromatic nitrogens is 2. The first-order chi connectivity index (χ1) is 11.5. The van der Waals surface area contributed by atoms with E-state index in [0.29, 0.717) is 41.3 Å². The van der Waals surface area contributed by atoms with Crippen LogP contribution in [0.15, 0.2) is 33.9 Å². The molecule has 0 saturated carbocycles. The monoisotopic (exact) mass is 388 g/mol. The zero-order valence-electron chi connectivity index (χ0n) is 12.9. The van der Waals surface area contributed by atoms with Gasteiger partial charge in [-0.05, 0) is 36.6 Å². The highest BCUT2D eigenvalue weighted by molar-refractivity contribution is 7.99. The maximum Gasteiger partial charge on any atom is 0.276 e. The molecule has 3 rings (SSSR count). The topological polar surface area (TPSA) is 82.3 Å². The second-order valence-corrected chi connectivity index (χ2v) is 9.30. The molecule has 1 aromatic carbocycles. The summed E-state index contributed by atoms with van der Waals surface area (Å²) in [6.45, 7) is 0.505. The highest BCUT2D eigenvalue weighted by atomic mass is 35.5. The van der Waals surface area contributed by atoms with E-state index >= 15 is 0 Å². The number of hydrogen-bond acceptors (Lipinski definition) is 7. The third kappa shape index (κ3) is 5.12. The van der Waals surface area contributed by atoms with Crippen LogP contribution in [0.25, 0.3) is 0 Å². The Hall–Kier alpha value is -1.25. The van der Waals surface area contributed by atoms with E-state index in [9.17, 15) is 8.42 Å². The molecule has 1 fully saturated rings. The lowest BCUT2D eigenvalue weighted by Crippen LogP contribution is -2.07. The molecule has 1 aliphatic rings. The number of halogens is 1. The molecule has 6 nitrogen and oxygen atoms in total. The van der Waals surface area contributed by atoms with E-state index in [0.717, 1.165) is 5.75 Å². The highest BCUT2D eigenvalue weighted by Crippen LogP contribution is 2.24. The van der Waals surface area contributed by atoms with Crippen molar-refractivity contribution in [3.8, 4) is 5.75 Å². The Morgan fingerprint density at radius 2 is 2.08 bits per heavy atom. The Balaban J connectivity index is 1.40. The summed E-state index contributed by atoms with van der Waals surface area (Å²) in [4.78, 5) is 0. The fourth-order valence-corrected chi connectivity index (χ4v) is 5.06. The summed E-state index contributed by atoms with van der Waals surface area (Å²) in [6.07, 6.45) is 1.19. The summed E-state index contributed by atoms with van der Waals surface area (Å²) in [5.41, 5.74) is 0. The van der Waals surface area contributed by atoms with Gasteiger partial charge in [-0.15, -0.1) is 10.2 Å². The molecule has 9 heteroatoms. The number of nitrogens with zero attached hydrogens (tertiary/aromatic N) is 2. The fraction of sp³-hybridized carbons (Fsp3) is 0.467. The van der Waals surface area contributed by atoms with Crippen LogP contribution >= 0.6 is 23.4 Å². The van der Waals surface area contributed by atoms with Crippen molar-refractivity contribution in [2.45, 2.75) is 18.1 Å². The van der Waals surface area contributed by atoms with Crippen LogP contribution in [0.1, 0.15) is 12.3 Å². The van der Waals surface area contributed by atoms with Gasteiger partial charge < -0.3 is 9.15 Å². The molecule has 2 heterocycles. The molecule has 130 valence electrons. The highest BCUT2D eigenvalue weighted by Gasteiger charge is 2.29. The van der Waals surface area contributed by atoms with E-state index in [-0.39, 0.29) is 17.4 Å². The maximum absolute atomic E-state index is 11.5. The van der Waals surface area contributed by atoms with Crippen LogP contribution in [0.4, 0.5) is 0 Å². The number of rotatable bonds is 7. The van der Waals surface area contributed by atoms with E-state index < -0.39 is 9.84 Å². The van der Waals surface area contributed by atoms with Crippen LogP contribution in [0, 0.1) is 5.92 Å². The fourth-order valence-electron chi connectivity index (χ4n) is 2.48. The van der Waals surface area contributed by atoms with Crippen LogP contribution < -0.4 is 4.74 Å². The molecule has 0 N–H and O–H groups in total. The first-order valence-corrected chi connectivity index (χ1v) is 10.7. The van der Waals surface area contributed by atoms with Crippen molar-refractivity contribution < 1.29 is 17.6 Å². The van der Waals surface area contributed by atoms with Crippen LogP contribution in [-0.2, 0) is 16.3 Å². The molecule has 0 aliphatic carbocycles. The molecule has 0 amide bonds. The van der Waals surface area contributed by atoms with Crippen LogP contribution in [0.5, 0.6) is 5.75 Å². The minimum atomic E-state index is -2.88. The summed E-state index contributed by atoms with van der Waals surface area (Å²) in [5, 5.41) is 9.11. The third-order valence-corrected chi connectivity index (χ3v) is 6.50. The minimum absolute atomic E-state index is 0.0848. The van der Waals surface area contributed by atoms with Gasteiger partial charge >= 0.3 is 0 Å². The van der Waals surface area contributed by atoms with Crippen LogP contribution in [0.2, 0.25) is 5.02 Å². The number of hydrogen-bond donors (Lipinski definition) is 0. The van der Waals surface area contributed by atoms with Gasteiger partial charge in [-0.25, -0.2) is 8.42 Å². The average Bonchev–Trinajstić information content (AvgIpc) is 3.12. The molecule has 1 atom stereocenters. The van der Waals surface area contributed by atoms with Gasteiger partial charge in [-0.2, -0.15) is 0 Å². The quantitative estimate of drug-likeness (QED) is 0.532. The van der Waals surface area contributed by atoms with Gasteiger partial charge in [0.25, 0.3) is 5.22 Å². The lowest BCUT2D eigenvalue weighted by molar-refractivity contribution is 0.342. The normalized spacial score (nSPS) is 19.5. The molecule has 1 aromatic heterocycles. The predicted octanol–water partition coefficient (Wildman–Crippen LogP) is 2.87. The van der Waals surface area contributed by atoms with Crippen molar-refractivity contribution in [1.29, 1.82) is 0 Å². The van der Waals surface area contributed by atoms with Gasteiger partial charge in [0.05, 0.1) is 18.1 Å². The summed E-state index contributed by atoms with van der Waals surface area (Å²) in [5.74, 6) is 2.48. The van der Waals surface area contributed by atoms with Crippen LogP contribution in [-0.4, -0.2) is 42.5 Å². The Morgan fingerprint density at radius 1 is 1.29 bits per heavy atom. The second kappa shape index (κ2) is 7.76. The van der Waals surface area contributed by atoms with Crippen molar-refractivity contribution in [2.24, 2.45) is 5.92 Å². The third-order valence-electron chi connectivity index (χ3n) is 3.63. The standard InChI is InChI=1S/C15H17ClN2O4S2/c16-12-1-3-13(4-2-12)21-6-7-23-15-18-17-14(22-15)9-11-5-8-24(19,20)10-11/h1-4,11H,5-10H2. The van der Waals surface area contributed by atoms with Gasteiger partial charge in [-0.1, -0.05) is 23.4 Å². The molecule has 2 aromatic rings. The molecule has 24 heavy (non-hydrogen) atoms. The maximum atomic E-state index is 11.5. The van der Waals surface area contributed by atoms with Crippen molar-refractivity contribution in [1.82, 2.24) is 10.2 Å². The molecule has 0 bridgehead atoms. The van der Waals surface area contributed by atoms with Gasteiger partial charge in [0.2, 0.25) is 5.89 Å². The van der Waals surface area contributed by atoms with E-state index in [1.165, 1.54) is 11.8 Å². The van der Waals surface area contributed by atoms with Crippen molar-refractivity contribution in [3.05, 3.63) is 35.2 Å². The van der Waals surface area contributed by atoms with Crippen molar-refractivity contribution in [2.75, 3.05) is 23.9 Å². The largest absolute Gasteiger partial charge is 0.493 e. The summed E-state index contributed by atoms with van der Waals surface area (Å²) >= 11 is 7.22. The summed E-state index contributed by atoms with van der Waals surface area (Å²) in [7, 11) is -2.88. The van der Waals surface area contributed by atoms with Gasteiger partial charge in [0, 0.05) is 17.2 Å².